The monoisotopic (exact) mass is 278 g/mol. The number of halogens is 2. The van der Waals surface area contributed by atoms with Crippen molar-refractivity contribution in [2.75, 3.05) is 5.73 Å². The smallest absolute Gasteiger partial charge is 0.274 e. The molecule has 0 radical (unpaired) electrons. The summed E-state index contributed by atoms with van der Waals surface area (Å²) in [4.78, 5) is 19.5. The second kappa shape index (κ2) is 5.60. The maximum absolute atomic E-state index is 13.6. The van der Waals surface area contributed by atoms with Crippen LogP contribution in [0.3, 0.4) is 0 Å². The van der Waals surface area contributed by atoms with E-state index >= 15 is 0 Å². The molecule has 0 aliphatic carbocycles. The van der Waals surface area contributed by atoms with Gasteiger partial charge in [-0.2, -0.15) is 0 Å². The van der Waals surface area contributed by atoms with E-state index in [9.17, 15) is 13.6 Å². The van der Waals surface area contributed by atoms with E-state index in [0.29, 0.717) is 0 Å². The highest BCUT2D eigenvalue weighted by Gasteiger charge is 2.18. The second-order valence-corrected chi connectivity index (χ2v) is 4.15. The second-order valence-electron chi connectivity index (χ2n) is 4.15. The van der Waals surface area contributed by atoms with Gasteiger partial charge in [0.05, 0.1) is 6.04 Å². The van der Waals surface area contributed by atoms with Crippen molar-refractivity contribution in [3.63, 3.8) is 0 Å². The topological polar surface area (TPSA) is 80.9 Å². The van der Waals surface area contributed by atoms with E-state index in [1.54, 1.807) is 6.92 Å². The van der Waals surface area contributed by atoms with Gasteiger partial charge in [-0.1, -0.05) is 6.07 Å². The number of carbonyl (C=O) groups excluding carboxylic acids is 1. The summed E-state index contributed by atoms with van der Waals surface area (Å²) in [6.07, 6.45) is 2.68. The van der Waals surface area contributed by atoms with Gasteiger partial charge < -0.3 is 11.1 Å². The molecule has 5 nitrogen and oxygen atoms in total. The van der Waals surface area contributed by atoms with Gasteiger partial charge in [0.25, 0.3) is 5.91 Å². The molecule has 0 saturated heterocycles. The Morgan fingerprint density at radius 3 is 2.65 bits per heavy atom. The summed E-state index contributed by atoms with van der Waals surface area (Å²) in [5.41, 5.74) is 5.66. The summed E-state index contributed by atoms with van der Waals surface area (Å²) < 4.78 is 26.4. The molecule has 0 aliphatic rings. The van der Waals surface area contributed by atoms with Crippen molar-refractivity contribution in [3.8, 4) is 0 Å². The van der Waals surface area contributed by atoms with Gasteiger partial charge in [0.2, 0.25) is 0 Å². The highest BCUT2D eigenvalue weighted by molar-refractivity contribution is 5.96. The average Bonchev–Trinajstić information content (AvgIpc) is 2.38. The molecule has 1 aromatic heterocycles. The molecule has 0 spiro atoms. The van der Waals surface area contributed by atoms with Crippen molar-refractivity contribution in [2.45, 2.75) is 13.0 Å². The number of hydrogen-bond acceptors (Lipinski definition) is 4. The van der Waals surface area contributed by atoms with Crippen LogP contribution in [0.2, 0.25) is 0 Å². The van der Waals surface area contributed by atoms with Crippen LogP contribution in [-0.2, 0) is 0 Å². The lowest BCUT2D eigenvalue weighted by Crippen LogP contribution is -2.29. The zero-order chi connectivity index (χ0) is 14.7. The van der Waals surface area contributed by atoms with Crippen LogP contribution in [0.4, 0.5) is 14.6 Å². The quantitative estimate of drug-likeness (QED) is 0.897. The minimum absolute atomic E-state index is 0.0169. The van der Waals surface area contributed by atoms with Crippen LogP contribution in [0.25, 0.3) is 0 Å². The molecule has 2 aromatic rings. The molecule has 1 unspecified atom stereocenters. The first-order valence-electron chi connectivity index (χ1n) is 5.81. The SMILES string of the molecule is CC(NC(=O)c1nccnc1N)c1ccc(F)cc1F. The van der Waals surface area contributed by atoms with E-state index in [1.807, 2.05) is 0 Å². The molecule has 0 fully saturated rings. The first-order chi connectivity index (χ1) is 9.49. The predicted octanol–water partition coefficient (Wildman–Crippen LogP) is 1.83. The van der Waals surface area contributed by atoms with Crippen LogP contribution < -0.4 is 11.1 Å². The van der Waals surface area contributed by atoms with Crippen molar-refractivity contribution in [3.05, 3.63) is 53.5 Å². The standard InChI is InChI=1S/C13H12F2N4O/c1-7(9-3-2-8(14)6-10(9)15)19-13(20)11-12(16)18-5-4-17-11/h2-7H,1H3,(H2,16,18)(H,19,20). The number of benzene rings is 1. The number of nitrogens with zero attached hydrogens (tertiary/aromatic N) is 2. The van der Waals surface area contributed by atoms with E-state index in [0.717, 1.165) is 12.1 Å². The van der Waals surface area contributed by atoms with Crippen molar-refractivity contribution in [2.24, 2.45) is 0 Å². The Kier molecular flexibility index (Phi) is 3.88. The molecule has 1 atom stereocenters. The molecule has 0 saturated carbocycles. The van der Waals surface area contributed by atoms with Gasteiger partial charge >= 0.3 is 0 Å². The molecular formula is C13H12F2N4O. The first kappa shape index (κ1) is 13.9. The number of nitrogens with one attached hydrogen (secondary N) is 1. The summed E-state index contributed by atoms with van der Waals surface area (Å²) in [6, 6.07) is 2.49. The van der Waals surface area contributed by atoms with Gasteiger partial charge in [-0.05, 0) is 13.0 Å². The number of anilines is 1. The molecule has 1 amide bonds. The summed E-state index contributed by atoms with van der Waals surface area (Å²) in [5, 5.41) is 2.53. The van der Waals surface area contributed by atoms with Gasteiger partial charge in [-0.25, -0.2) is 18.7 Å². The molecule has 1 aromatic carbocycles. The molecule has 0 aliphatic heterocycles. The summed E-state index contributed by atoms with van der Waals surface area (Å²) in [7, 11) is 0. The van der Waals surface area contributed by atoms with E-state index in [2.05, 4.69) is 15.3 Å². The minimum Gasteiger partial charge on any atom is -0.382 e. The average molecular weight is 278 g/mol. The fourth-order valence-corrected chi connectivity index (χ4v) is 1.72. The van der Waals surface area contributed by atoms with Crippen LogP contribution in [-0.4, -0.2) is 15.9 Å². The molecular weight excluding hydrogens is 266 g/mol. The third-order valence-corrected chi connectivity index (χ3v) is 2.72. The summed E-state index contributed by atoms with van der Waals surface area (Å²) >= 11 is 0. The largest absolute Gasteiger partial charge is 0.382 e. The van der Waals surface area contributed by atoms with Crippen LogP contribution in [0.15, 0.2) is 30.6 Å². The number of carbonyl (C=O) groups is 1. The first-order valence-corrected chi connectivity index (χ1v) is 5.81. The Balaban J connectivity index is 2.17. The molecule has 104 valence electrons. The van der Waals surface area contributed by atoms with Crippen LogP contribution in [0.1, 0.15) is 29.0 Å². The fraction of sp³-hybridized carbons (Fsp3) is 0.154. The van der Waals surface area contributed by atoms with E-state index in [-0.39, 0.29) is 17.1 Å². The highest BCUT2D eigenvalue weighted by Crippen LogP contribution is 2.18. The third-order valence-electron chi connectivity index (χ3n) is 2.72. The van der Waals surface area contributed by atoms with Crippen molar-refractivity contribution < 1.29 is 13.6 Å². The van der Waals surface area contributed by atoms with Crippen LogP contribution >= 0.6 is 0 Å². The lowest BCUT2D eigenvalue weighted by Gasteiger charge is -2.15. The lowest BCUT2D eigenvalue weighted by molar-refractivity contribution is 0.0935. The van der Waals surface area contributed by atoms with Gasteiger partial charge in [0, 0.05) is 24.0 Å². The normalized spacial score (nSPS) is 11.9. The molecule has 7 heteroatoms. The van der Waals surface area contributed by atoms with E-state index < -0.39 is 23.6 Å². The van der Waals surface area contributed by atoms with Gasteiger partial charge in [-0.15, -0.1) is 0 Å². The number of hydrogen-bond donors (Lipinski definition) is 2. The van der Waals surface area contributed by atoms with Crippen molar-refractivity contribution >= 4 is 11.7 Å². The molecule has 1 heterocycles. The molecule has 3 N–H and O–H groups in total. The van der Waals surface area contributed by atoms with Crippen LogP contribution in [0, 0.1) is 11.6 Å². The Morgan fingerprint density at radius 2 is 2.00 bits per heavy atom. The Bertz CT molecular complexity index is 648. The molecule has 0 bridgehead atoms. The zero-order valence-corrected chi connectivity index (χ0v) is 10.6. The van der Waals surface area contributed by atoms with Gasteiger partial charge in [-0.3, -0.25) is 4.79 Å². The van der Waals surface area contributed by atoms with Crippen LogP contribution in [0.5, 0.6) is 0 Å². The van der Waals surface area contributed by atoms with Gasteiger partial charge in [0.1, 0.15) is 11.6 Å². The fourth-order valence-electron chi connectivity index (χ4n) is 1.72. The van der Waals surface area contributed by atoms with E-state index in [1.165, 1.54) is 18.5 Å². The predicted molar refractivity (Wildman–Crippen MR) is 68.7 cm³/mol. The number of aromatic nitrogens is 2. The number of rotatable bonds is 3. The summed E-state index contributed by atoms with van der Waals surface area (Å²) in [5.74, 6) is -2.00. The number of nitrogens with two attached hydrogens (primary N) is 1. The Morgan fingerprint density at radius 1 is 1.30 bits per heavy atom. The van der Waals surface area contributed by atoms with Crippen molar-refractivity contribution in [1.29, 1.82) is 0 Å². The molecule has 2 rings (SSSR count). The third kappa shape index (κ3) is 2.87. The highest BCUT2D eigenvalue weighted by atomic mass is 19.1. The zero-order valence-electron chi connectivity index (χ0n) is 10.6. The van der Waals surface area contributed by atoms with Gasteiger partial charge in [0.15, 0.2) is 11.5 Å². The lowest BCUT2D eigenvalue weighted by atomic mass is 10.1. The Labute approximate surface area is 113 Å². The minimum atomic E-state index is -0.732. The van der Waals surface area contributed by atoms with E-state index in [4.69, 9.17) is 5.73 Å². The molecule has 20 heavy (non-hydrogen) atoms. The summed E-state index contributed by atoms with van der Waals surface area (Å²) in [6.45, 7) is 1.57. The maximum Gasteiger partial charge on any atom is 0.274 e. The Hall–Kier alpha value is -2.57. The maximum atomic E-state index is 13.6. The van der Waals surface area contributed by atoms with Crippen molar-refractivity contribution in [1.82, 2.24) is 15.3 Å². The number of amides is 1. The number of nitrogen functional groups attached to an aromatic ring is 1.